The van der Waals surface area contributed by atoms with E-state index in [-0.39, 0.29) is 6.04 Å². The normalized spacial score (nSPS) is 10.6. The zero-order valence-electron chi connectivity index (χ0n) is 10.8. The number of anilines is 2. The molecular weight excluding hydrogens is 220 g/mol. The first-order chi connectivity index (χ1) is 8.04. The molecule has 1 aromatic rings. The van der Waals surface area contributed by atoms with Gasteiger partial charge < -0.3 is 20.5 Å². The van der Waals surface area contributed by atoms with Gasteiger partial charge in [0.15, 0.2) is 5.82 Å². The summed E-state index contributed by atoms with van der Waals surface area (Å²) in [7, 11) is 1.61. The Morgan fingerprint density at radius 1 is 1.29 bits per heavy atom. The van der Waals surface area contributed by atoms with Crippen LogP contribution in [-0.4, -0.2) is 36.3 Å². The largest absolute Gasteiger partial charge is 0.474 e. The second-order valence-corrected chi connectivity index (χ2v) is 3.98. The van der Waals surface area contributed by atoms with Crippen LogP contribution in [0.4, 0.5) is 11.5 Å². The third-order valence-electron chi connectivity index (χ3n) is 1.97. The second kappa shape index (κ2) is 6.24. The van der Waals surface area contributed by atoms with Gasteiger partial charge in [-0.05, 0) is 20.8 Å². The average Bonchev–Trinajstić information content (AvgIpc) is 2.24. The molecule has 3 N–H and O–H groups in total. The van der Waals surface area contributed by atoms with Crippen molar-refractivity contribution in [3.05, 3.63) is 5.82 Å². The minimum atomic E-state index is 0.249. The Kier molecular flexibility index (Phi) is 4.96. The second-order valence-electron chi connectivity index (χ2n) is 3.98. The van der Waals surface area contributed by atoms with Crippen LogP contribution >= 0.6 is 0 Å². The van der Waals surface area contributed by atoms with Gasteiger partial charge in [0, 0.05) is 13.2 Å². The van der Waals surface area contributed by atoms with Gasteiger partial charge in [-0.2, -0.15) is 4.98 Å². The molecular formula is C11H20N4O2. The number of aryl methyl sites for hydroxylation is 1. The van der Waals surface area contributed by atoms with Crippen molar-refractivity contribution in [2.75, 3.05) is 31.4 Å². The Morgan fingerprint density at radius 3 is 2.59 bits per heavy atom. The molecule has 1 aromatic heterocycles. The van der Waals surface area contributed by atoms with Crippen molar-refractivity contribution in [1.82, 2.24) is 9.97 Å². The molecule has 6 nitrogen and oxygen atoms in total. The van der Waals surface area contributed by atoms with Gasteiger partial charge in [0.05, 0.1) is 6.61 Å². The van der Waals surface area contributed by atoms with Gasteiger partial charge in [0.25, 0.3) is 0 Å². The SMILES string of the molecule is COCCOc1nc(C)nc(NC(C)C)c1N. The van der Waals surface area contributed by atoms with Gasteiger partial charge in [-0.3, -0.25) is 0 Å². The van der Waals surface area contributed by atoms with Gasteiger partial charge in [0.2, 0.25) is 5.88 Å². The predicted octanol–water partition coefficient (Wildman–Crippen LogP) is 1.21. The maximum atomic E-state index is 5.93. The van der Waals surface area contributed by atoms with Crippen molar-refractivity contribution >= 4 is 11.5 Å². The van der Waals surface area contributed by atoms with Gasteiger partial charge in [-0.15, -0.1) is 0 Å². The number of hydrogen-bond donors (Lipinski definition) is 2. The van der Waals surface area contributed by atoms with Crippen molar-refractivity contribution in [3.8, 4) is 5.88 Å². The summed E-state index contributed by atoms with van der Waals surface area (Å²) < 4.78 is 10.3. The Bertz CT molecular complexity index is 369. The molecule has 0 amide bonds. The fourth-order valence-corrected chi connectivity index (χ4v) is 1.27. The molecule has 0 aliphatic carbocycles. The van der Waals surface area contributed by atoms with E-state index < -0.39 is 0 Å². The van der Waals surface area contributed by atoms with Crippen molar-refractivity contribution in [3.63, 3.8) is 0 Å². The molecule has 0 unspecified atom stereocenters. The average molecular weight is 240 g/mol. The van der Waals surface area contributed by atoms with Crippen LogP contribution in [0.2, 0.25) is 0 Å². The summed E-state index contributed by atoms with van der Waals surface area (Å²) in [5.74, 6) is 1.63. The molecule has 0 bridgehead atoms. The summed E-state index contributed by atoms with van der Waals surface area (Å²) in [5, 5.41) is 3.16. The van der Waals surface area contributed by atoms with Crippen LogP contribution in [0.25, 0.3) is 0 Å². The van der Waals surface area contributed by atoms with Crippen molar-refractivity contribution in [2.24, 2.45) is 0 Å². The van der Waals surface area contributed by atoms with E-state index in [4.69, 9.17) is 15.2 Å². The number of rotatable bonds is 6. The molecule has 0 fully saturated rings. The molecule has 6 heteroatoms. The van der Waals surface area contributed by atoms with E-state index >= 15 is 0 Å². The molecule has 1 rings (SSSR count). The molecule has 0 saturated carbocycles. The lowest BCUT2D eigenvalue weighted by Gasteiger charge is -2.14. The number of hydrogen-bond acceptors (Lipinski definition) is 6. The van der Waals surface area contributed by atoms with Crippen LogP contribution in [0.15, 0.2) is 0 Å². The monoisotopic (exact) mass is 240 g/mol. The Morgan fingerprint density at radius 2 is 2.00 bits per heavy atom. The Balaban J connectivity index is 2.85. The van der Waals surface area contributed by atoms with Crippen LogP contribution in [0.5, 0.6) is 5.88 Å². The summed E-state index contributed by atoms with van der Waals surface area (Å²) in [5.41, 5.74) is 6.36. The number of nitrogens with one attached hydrogen (secondary N) is 1. The third kappa shape index (κ3) is 4.07. The van der Waals surface area contributed by atoms with Gasteiger partial charge in [0.1, 0.15) is 18.1 Å². The fourth-order valence-electron chi connectivity index (χ4n) is 1.27. The fraction of sp³-hybridized carbons (Fsp3) is 0.636. The molecule has 0 aliphatic rings. The molecule has 0 atom stereocenters. The van der Waals surface area contributed by atoms with Crippen molar-refractivity contribution in [1.29, 1.82) is 0 Å². The molecule has 96 valence electrons. The molecule has 0 spiro atoms. The molecule has 0 aromatic carbocycles. The predicted molar refractivity (Wildman–Crippen MR) is 67.3 cm³/mol. The quantitative estimate of drug-likeness (QED) is 0.727. The van der Waals surface area contributed by atoms with Crippen LogP contribution < -0.4 is 15.8 Å². The first-order valence-corrected chi connectivity index (χ1v) is 5.57. The van der Waals surface area contributed by atoms with E-state index in [2.05, 4.69) is 15.3 Å². The highest BCUT2D eigenvalue weighted by atomic mass is 16.5. The number of nitrogens with zero attached hydrogens (tertiary/aromatic N) is 2. The van der Waals surface area contributed by atoms with Gasteiger partial charge >= 0.3 is 0 Å². The lowest BCUT2D eigenvalue weighted by atomic mass is 10.3. The zero-order chi connectivity index (χ0) is 12.8. The Labute approximate surface area is 102 Å². The summed E-state index contributed by atoms with van der Waals surface area (Å²) >= 11 is 0. The Hall–Kier alpha value is -1.56. The summed E-state index contributed by atoms with van der Waals surface area (Å²) in [6, 6.07) is 0.249. The minimum Gasteiger partial charge on any atom is -0.474 e. The minimum absolute atomic E-state index is 0.249. The third-order valence-corrected chi connectivity index (χ3v) is 1.97. The summed E-state index contributed by atoms with van der Waals surface area (Å²) in [4.78, 5) is 8.40. The smallest absolute Gasteiger partial charge is 0.242 e. The van der Waals surface area contributed by atoms with Crippen LogP contribution in [0, 0.1) is 6.92 Å². The molecule has 17 heavy (non-hydrogen) atoms. The van der Waals surface area contributed by atoms with Crippen molar-refractivity contribution in [2.45, 2.75) is 26.8 Å². The van der Waals surface area contributed by atoms with E-state index in [0.717, 1.165) is 0 Å². The number of ether oxygens (including phenoxy) is 2. The standard InChI is InChI=1S/C11H20N4O2/c1-7(2)13-10-9(12)11(15-8(3)14-10)17-6-5-16-4/h7H,5-6,12H2,1-4H3,(H,13,14,15). The van der Waals surface area contributed by atoms with E-state index in [1.54, 1.807) is 14.0 Å². The van der Waals surface area contributed by atoms with Crippen molar-refractivity contribution < 1.29 is 9.47 Å². The van der Waals surface area contributed by atoms with Crippen LogP contribution in [-0.2, 0) is 4.74 Å². The van der Waals surface area contributed by atoms with Crippen LogP contribution in [0.1, 0.15) is 19.7 Å². The summed E-state index contributed by atoms with van der Waals surface area (Å²) in [6.07, 6.45) is 0. The number of methoxy groups -OCH3 is 1. The number of nitrogens with two attached hydrogens (primary N) is 1. The highest BCUT2D eigenvalue weighted by Gasteiger charge is 2.11. The molecule has 1 heterocycles. The number of nitrogen functional groups attached to an aromatic ring is 1. The van der Waals surface area contributed by atoms with Crippen LogP contribution in [0.3, 0.4) is 0 Å². The molecule has 0 aliphatic heterocycles. The topological polar surface area (TPSA) is 82.3 Å². The lowest BCUT2D eigenvalue weighted by molar-refractivity contribution is 0.144. The zero-order valence-corrected chi connectivity index (χ0v) is 10.8. The first kappa shape index (κ1) is 13.5. The van der Waals surface area contributed by atoms with Gasteiger partial charge in [-0.25, -0.2) is 4.98 Å². The van der Waals surface area contributed by atoms with E-state index in [1.165, 1.54) is 0 Å². The molecule has 0 radical (unpaired) electrons. The van der Waals surface area contributed by atoms with E-state index in [1.807, 2.05) is 13.8 Å². The first-order valence-electron chi connectivity index (χ1n) is 5.57. The van der Waals surface area contributed by atoms with E-state index in [0.29, 0.717) is 36.4 Å². The maximum absolute atomic E-state index is 5.93. The maximum Gasteiger partial charge on any atom is 0.242 e. The van der Waals surface area contributed by atoms with Gasteiger partial charge in [-0.1, -0.05) is 0 Å². The molecule has 0 saturated heterocycles. The highest BCUT2D eigenvalue weighted by Crippen LogP contribution is 2.26. The number of aromatic nitrogens is 2. The lowest BCUT2D eigenvalue weighted by Crippen LogP contribution is -2.16. The highest BCUT2D eigenvalue weighted by molar-refractivity contribution is 5.67. The van der Waals surface area contributed by atoms with E-state index in [9.17, 15) is 0 Å². The summed E-state index contributed by atoms with van der Waals surface area (Å²) in [6.45, 7) is 6.74.